The van der Waals surface area contributed by atoms with Crippen molar-refractivity contribution in [1.29, 1.82) is 0 Å². The Labute approximate surface area is 99.2 Å². The van der Waals surface area contributed by atoms with E-state index in [0.717, 1.165) is 25.6 Å². The second-order valence-electron chi connectivity index (χ2n) is 5.00. The van der Waals surface area contributed by atoms with Gasteiger partial charge in [-0.05, 0) is 25.3 Å². The van der Waals surface area contributed by atoms with Crippen molar-refractivity contribution >= 4 is 0 Å². The number of piperidine rings is 1. The van der Waals surface area contributed by atoms with E-state index < -0.39 is 0 Å². The van der Waals surface area contributed by atoms with Crippen molar-refractivity contribution < 1.29 is 0 Å². The minimum atomic E-state index is 0.831. The minimum absolute atomic E-state index is 0.831. The van der Waals surface area contributed by atoms with Gasteiger partial charge in [0.05, 0.1) is 6.54 Å². The molecule has 0 bridgehead atoms. The summed E-state index contributed by atoms with van der Waals surface area (Å²) in [6.07, 6.45) is 8.08. The molecule has 0 aliphatic carbocycles. The van der Waals surface area contributed by atoms with E-state index in [4.69, 9.17) is 6.42 Å². The monoisotopic (exact) mass is 221 g/mol. The van der Waals surface area contributed by atoms with Gasteiger partial charge < -0.3 is 10.2 Å². The molecule has 3 heteroatoms. The van der Waals surface area contributed by atoms with Crippen LogP contribution in [0.25, 0.3) is 0 Å². The van der Waals surface area contributed by atoms with Crippen molar-refractivity contribution in [3.63, 3.8) is 0 Å². The molecule has 90 valence electrons. The highest BCUT2D eigenvalue weighted by molar-refractivity contribution is 4.90. The van der Waals surface area contributed by atoms with Crippen LogP contribution in [0.15, 0.2) is 0 Å². The van der Waals surface area contributed by atoms with Crippen LogP contribution in [0.3, 0.4) is 0 Å². The first-order valence-corrected chi connectivity index (χ1v) is 6.47. The molecule has 16 heavy (non-hydrogen) atoms. The quantitative estimate of drug-likeness (QED) is 0.689. The van der Waals surface area contributed by atoms with Crippen LogP contribution in [0.1, 0.15) is 12.8 Å². The van der Waals surface area contributed by atoms with Gasteiger partial charge in [0.1, 0.15) is 0 Å². The molecule has 2 heterocycles. The van der Waals surface area contributed by atoms with E-state index in [9.17, 15) is 0 Å². The van der Waals surface area contributed by atoms with E-state index >= 15 is 0 Å². The van der Waals surface area contributed by atoms with Gasteiger partial charge in [-0.3, -0.25) is 4.90 Å². The topological polar surface area (TPSA) is 18.5 Å². The SMILES string of the molecule is C#CCN1CCCC(CN2CCNCC2)C1. The van der Waals surface area contributed by atoms with Gasteiger partial charge >= 0.3 is 0 Å². The molecule has 0 radical (unpaired) electrons. The molecule has 3 nitrogen and oxygen atoms in total. The van der Waals surface area contributed by atoms with Crippen LogP contribution < -0.4 is 5.32 Å². The van der Waals surface area contributed by atoms with Gasteiger partial charge in [0.2, 0.25) is 0 Å². The maximum atomic E-state index is 5.38. The Hall–Kier alpha value is -0.560. The number of hydrogen-bond donors (Lipinski definition) is 1. The predicted octanol–water partition coefficient (Wildman–Crippen LogP) is 0.237. The number of likely N-dealkylation sites (tertiary alicyclic amines) is 1. The van der Waals surface area contributed by atoms with E-state index in [1.165, 1.54) is 45.6 Å². The largest absolute Gasteiger partial charge is 0.314 e. The number of terminal acetylenes is 1. The standard InChI is InChI=1S/C13H23N3/c1-2-7-15-8-3-4-13(11-15)12-16-9-5-14-6-10-16/h1,13-14H,3-12H2. The molecule has 0 aromatic rings. The van der Waals surface area contributed by atoms with Crippen LogP contribution >= 0.6 is 0 Å². The molecule has 0 aromatic heterocycles. The van der Waals surface area contributed by atoms with Gasteiger partial charge in [-0.1, -0.05) is 5.92 Å². The Bertz CT molecular complexity index is 240. The predicted molar refractivity (Wildman–Crippen MR) is 67.3 cm³/mol. The summed E-state index contributed by atoms with van der Waals surface area (Å²) in [7, 11) is 0. The zero-order valence-corrected chi connectivity index (χ0v) is 10.1. The lowest BCUT2D eigenvalue weighted by molar-refractivity contribution is 0.135. The Morgan fingerprint density at radius 1 is 1.19 bits per heavy atom. The van der Waals surface area contributed by atoms with E-state index in [1.807, 2.05) is 0 Å². The van der Waals surface area contributed by atoms with Crippen molar-refractivity contribution in [2.24, 2.45) is 5.92 Å². The molecule has 2 rings (SSSR count). The summed E-state index contributed by atoms with van der Waals surface area (Å²) in [5, 5.41) is 3.40. The van der Waals surface area contributed by atoms with Crippen LogP contribution in [-0.4, -0.2) is 62.2 Å². The first-order chi connectivity index (χ1) is 7.88. The molecule has 0 spiro atoms. The molecule has 1 unspecified atom stereocenters. The second-order valence-corrected chi connectivity index (χ2v) is 5.00. The first kappa shape index (κ1) is 11.9. The maximum Gasteiger partial charge on any atom is 0.0599 e. The average molecular weight is 221 g/mol. The minimum Gasteiger partial charge on any atom is -0.314 e. The lowest BCUT2D eigenvalue weighted by Crippen LogP contribution is -2.47. The second kappa shape index (κ2) is 6.24. The van der Waals surface area contributed by atoms with Crippen LogP contribution in [0.4, 0.5) is 0 Å². The molecule has 2 aliphatic rings. The average Bonchev–Trinajstić information content (AvgIpc) is 2.31. The van der Waals surface area contributed by atoms with Crippen LogP contribution in [0.5, 0.6) is 0 Å². The summed E-state index contributed by atoms with van der Waals surface area (Å²) >= 11 is 0. The Kier molecular flexibility index (Phi) is 4.65. The fraction of sp³-hybridized carbons (Fsp3) is 0.846. The summed E-state index contributed by atoms with van der Waals surface area (Å²) in [5.74, 6) is 3.60. The highest BCUT2D eigenvalue weighted by atomic mass is 15.2. The summed E-state index contributed by atoms with van der Waals surface area (Å²) in [6, 6.07) is 0. The summed E-state index contributed by atoms with van der Waals surface area (Å²) in [5.41, 5.74) is 0. The number of nitrogens with zero attached hydrogens (tertiary/aromatic N) is 2. The van der Waals surface area contributed by atoms with Gasteiger partial charge in [0.15, 0.2) is 0 Å². The highest BCUT2D eigenvalue weighted by Gasteiger charge is 2.22. The first-order valence-electron chi connectivity index (χ1n) is 6.47. The fourth-order valence-corrected chi connectivity index (χ4v) is 2.83. The molecule has 2 fully saturated rings. The van der Waals surface area contributed by atoms with Gasteiger partial charge in [-0.25, -0.2) is 0 Å². The number of nitrogens with one attached hydrogen (secondary N) is 1. The fourth-order valence-electron chi connectivity index (χ4n) is 2.83. The molecule has 1 N–H and O–H groups in total. The van der Waals surface area contributed by atoms with Gasteiger partial charge in [0, 0.05) is 39.3 Å². The van der Waals surface area contributed by atoms with Crippen LogP contribution in [-0.2, 0) is 0 Å². The molecular formula is C13H23N3. The summed E-state index contributed by atoms with van der Waals surface area (Å²) in [6.45, 7) is 9.23. The zero-order chi connectivity index (χ0) is 11.2. The molecule has 1 atom stereocenters. The van der Waals surface area contributed by atoms with E-state index in [0.29, 0.717) is 0 Å². The van der Waals surface area contributed by atoms with Crippen molar-refractivity contribution in [2.45, 2.75) is 12.8 Å². The van der Waals surface area contributed by atoms with Crippen molar-refractivity contribution in [3.8, 4) is 12.3 Å². The van der Waals surface area contributed by atoms with E-state index in [1.54, 1.807) is 0 Å². The molecule has 0 saturated carbocycles. The smallest absolute Gasteiger partial charge is 0.0599 e. The van der Waals surface area contributed by atoms with Crippen LogP contribution in [0.2, 0.25) is 0 Å². The maximum absolute atomic E-state index is 5.38. The molecule has 0 amide bonds. The van der Waals surface area contributed by atoms with Gasteiger partial charge in [-0.15, -0.1) is 6.42 Å². The molecule has 2 saturated heterocycles. The Balaban J connectivity index is 1.74. The Morgan fingerprint density at radius 2 is 2.00 bits per heavy atom. The van der Waals surface area contributed by atoms with Crippen molar-refractivity contribution in [1.82, 2.24) is 15.1 Å². The summed E-state index contributed by atoms with van der Waals surface area (Å²) in [4.78, 5) is 5.02. The van der Waals surface area contributed by atoms with Gasteiger partial charge in [0.25, 0.3) is 0 Å². The lowest BCUT2D eigenvalue weighted by Gasteiger charge is -2.36. The highest BCUT2D eigenvalue weighted by Crippen LogP contribution is 2.17. The van der Waals surface area contributed by atoms with E-state index in [2.05, 4.69) is 21.0 Å². The third-order valence-corrected chi connectivity index (χ3v) is 3.64. The zero-order valence-electron chi connectivity index (χ0n) is 10.1. The molecule has 2 aliphatic heterocycles. The van der Waals surface area contributed by atoms with E-state index in [-0.39, 0.29) is 0 Å². The third kappa shape index (κ3) is 3.48. The number of rotatable bonds is 3. The normalized spacial score (nSPS) is 28.8. The number of piperazine rings is 1. The third-order valence-electron chi connectivity index (χ3n) is 3.64. The summed E-state index contributed by atoms with van der Waals surface area (Å²) < 4.78 is 0. The van der Waals surface area contributed by atoms with Crippen molar-refractivity contribution in [2.75, 3.05) is 52.4 Å². The lowest BCUT2D eigenvalue weighted by atomic mass is 9.97. The van der Waals surface area contributed by atoms with Gasteiger partial charge in [-0.2, -0.15) is 0 Å². The van der Waals surface area contributed by atoms with Crippen LogP contribution in [0, 0.1) is 18.3 Å². The number of hydrogen-bond acceptors (Lipinski definition) is 3. The molecule has 0 aromatic carbocycles. The Morgan fingerprint density at radius 3 is 2.75 bits per heavy atom. The van der Waals surface area contributed by atoms with Crippen molar-refractivity contribution in [3.05, 3.63) is 0 Å². The molecular weight excluding hydrogens is 198 g/mol.